The second-order valence-electron chi connectivity index (χ2n) is 15.6. The van der Waals surface area contributed by atoms with E-state index >= 15 is 0 Å². The molecule has 0 N–H and O–H groups in total. The molecule has 0 spiro atoms. The number of rotatable bonds is 42. The van der Waals surface area contributed by atoms with Gasteiger partial charge >= 0.3 is 17.9 Å². The maximum atomic E-state index is 12.7. The molecule has 0 unspecified atom stereocenters. The molecule has 0 bridgehead atoms. The highest BCUT2D eigenvalue weighted by Crippen LogP contribution is 2.12. The van der Waals surface area contributed by atoms with Gasteiger partial charge in [-0.15, -0.1) is 0 Å². The van der Waals surface area contributed by atoms with Crippen molar-refractivity contribution in [1.29, 1.82) is 0 Å². The molecule has 0 amide bonds. The summed E-state index contributed by atoms with van der Waals surface area (Å²) in [6.45, 7) is 6.39. The normalized spacial score (nSPS) is 12.8. The highest BCUT2D eigenvalue weighted by molar-refractivity contribution is 5.71. The van der Waals surface area contributed by atoms with Gasteiger partial charge in [0.1, 0.15) is 13.2 Å². The largest absolute Gasteiger partial charge is 0.462 e. The van der Waals surface area contributed by atoms with Gasteiger partial charge in [0.15, 0.2) is 6.10 Å². The van der Waals surface area contributed by atoms with Gasteiger partial charge in [-0.2, -0.15) is 0 Å². The third kappa shape index (κ3) is 45.5. The van der Waals surface area contributed by atoms with Crippen molar-refractivity contribution in [2.75, 3.05) is 13.2 Å². The molecule has 0 saturated heterocycles. The van der Waals surface area contributed by atoms with E-state index in [2.05, 4.69) is 106 Å². The van der Waals surface area contributed by atoms with Crippen molar-refractivity contribution in [1.82, 2.24) is 0 Å². The van der Waals surface area contributed by atoms with Gasteiger partial charge in [0.05, 0.1) is 0 Å². The molecule has 0 aliphatic carbocycles. The van der Waals surface area contributed by atoms with Crippen LogP contribution in [0.3, 0.4) is 0 Å². The van der Waals surface area contributed by atoms with Gasteiger partial charge in [-0.1, -0.05) is 176 Å². The predicted octanol–water partition coefficient (Wildman–Crippen LogP) is 15.6. The third-order valence-corrected chi connectivity index (χ3v) is 9.85. The van der Waals surface area contributed by atoms with Crippen molar-refractivity contribution in [3.8, 4) is 0 Å². The van der Waals surface area contributed by atoms with Gasteiger partial charge in [0, 0.05) is 19.3 Å². The van der Waals surface area contributed by atoms with Crippen LogP contribution in [-0.2, 0) is 28.6 Å². The Labute approximate surface area is 363 Å². The van der Waals surface area contributed by atoms with Crippen molar-refractivity contribution in [3.05, 3.63) is 85.1 Å². The van der Waals surface area contributed by atoms with Crippen LogP contribution in [0.1, 0.15) is 213 Å². The molecule has 336 valence electrons. The molecule has 0 radical (unpaired) electrons. The molecule has 59 heavy (non-hydrogen) atoms. The maximum Gasteiger partial charge on any atom is 0.306 e. The molecular weight excluding hydrogens is 733 g/mol. The Morgan fingerprint density at radius 3 is 1.17 bits per heavy atom. The summed E-state index contributed by atoms with van der Waals surface area (Å²) in [6, 6.07) is 0. The highest BCUT2D eigenvalue weighted by Gasteiger charge is 2.19. The minimum Gasteiger partial charge on any atom is -0.462 e. The molecule has 0 aromatic carbocycles. The monoisotopic (exact) mass is 821 g/mol. The van der Waals surface area contributed by atoms with Gasteiger partial charge in [-0.25, -0.2) is 0 Å². The Hall–Kier alpha value is -3.41. The molecule has 0 saturated carbocycles. The van der Waals surface area contributed by atoms with E-state index in [9.17, 15) is 14.4 Å². The van der Waals surface area contributed by atoms with Crippen molar-refractivity contribution in [3.63, 3.8) is 0 Å². The average molecular weight is 821 g/mol. The number of ether oxygens (including phenoxy) is 3. The minimum absolute atomic E-state index is 0.103. The number of hydrogen-bond donors (Lipinski definition) is 0. The number of hydrogen-bond acceptors (Lipinski definition) is 6. The lowest BCUT2D eigenvalue weighted by Gasteiger charge is -2.18. The fourth-order valence-electron chi connectivity index (χ4n) is 6.22. The quantitative estimate of drug-likeness (QED) is 0.0264. The molecule has 1 atom stereocenters. The third-order valence-electron chi connectivity index (χ3n) is 9.85. The Morgan fingerprint density at radius 1 is 0.356 bits per heavy atom. The lowest BCUT2D eigenvalue weighted by Crippen LogP contribution is -2.30. The zero-order chi connectivity index (χ0) is 43.0. The van der Waals surface area contributed by atoms with Crippen molar-refractivity contribution >= 4 is 17.9 Å². The smallest absolute Gasteiger partial charge is 0.306 e. The van der Waals surface area contributed by atoms with Crippen LogP contribution in [0.5, 0.6) is 0 Å². The van der Waals surface area contributed by atoms with Crippen LogP contribution < -0.4 is 0 Å². The van der Waals surface area contributed by atoms with Crippen molar-refractivity contribution in [2.45, 2.75) is 219 Å². The molecule has 0 aromatic heterocycles. The molecule has 0 heterocycles. The first-order valence-electron chi connectivity index (χ1n) is 24.1. The molecule has 6 nitrogen and oxygen atoms in total. The highest BCUT2D eigenvalue weighted by atomic mass is 16.6. The van der Waals surface area contributed by atoms with Crippen LogP contribution in [0.15, 0.2) is 85.1 Å². The van der Waals surface area contributed by atoms with Gasteiger partial charge in [-0.05, 0) is 103 Å². The van der Waals surface area contributed by atoms with Crippen molar-refractivity contribution < 1.29 is 28.6 Å². The van der Waals surface area contributed by atoms with Crippen LogP contribution >= 0.6 is 0 Å². The van der Waals surface area contributed by atoms with E-state index < -0.39 is 6.10 Å². The number of carbonyl (C=O) groups excluding carboxylic acids is 3. The van der Waals surface area contributed by atoms with E-state index in [0.29, 0.717) is 19.3 Å². The van der Waals surface area contributed by atoms with Gasteiger partial charge in [0.25, 0.3) is 0 Å². The predicted molar refractivity (Wildman–Crippen MR) is 251 cm³/mol. The summed E-state index contributed by atoms with van der Waals surface area (Å²) in [6.07, 6.45) is 60.0. The fraction of sp³-hybridized carbons (Fsp3) is 0.679. The molecular formula is C53H88O6. The second-order valence-corrected chi connectivity index (χ2v) is 15.6. The number of allylic oxidation sites excluding steroid dienone is 14. The molecule has 0 rings (SSSR count). The van der Waals surface area contributed by atoms with E-state index in [0.717, 1.165) is 103 Å². The standard InChI is InChI=1S/C53H88O6/c1-4-7-10-13-16-19-22-24-25-26-27-29-31-34-37-40-43-46-52(55)58-49-50(48-57-51(54)45-42-39-36-33-30-21-18-15-12-9-6-3)59-53(56)47-44-41-38-35-32-28-23-20-17-14-11-8-5-2/h7,10,15-16,18-20,23-25,27,29,34,37,50H,4-6,8-9,11-14,17,21-22,26,28,30-33,35-36,38-49H2,1-3H3/b10-7-,18-15-,19-16-,23-20-,25-24-,29-27-,37-34-/t50-/m1/s1. The van der Waals surface area contributed by atoms with E-state index in [1.54, 1.807) is 0 Å². The molecule has 0 aromatic rings. The van der Waals surface area contributed by atoms with Crippen LogP contribution in [0.25, 0.3) is 0 Å². The topological polar surface area (TPSA) is 78.9 Å². The Balaban J connectivity index is 4.50. The SMILES string of the molecule is CC/C=C\C/C=C\C/C=C\C/C=C\C/C=C\CCCC(=O)OC[C@@H](COC(=O)CCCCCCC/C=C\CCCC)OC(=O)CCCCCCC/C=C\CCCCCC. The minimum atomic E-state index is -0.805. The van der Waals surface area contributed by atoms with Crippen LogP contribution in [0.2, 0.25) is 0 Å². The lowest BCUT2D eigenvalue weighted by atomic mass is 10.1. The van der Waals surface area contributed by atoms with Crippen molar-refractivity contribution in [2.24, 2.45) is 0 Å². The van der Waals surface area contributed by atoms with Crippen LogP contribution in [0.4, 0.5) is 0 Å². The number of unbranched alkanes of at least 4 members (excludes halogenated alkanes) is 17. The number of esters is 3. The summed E-state index contributed by atoms with van der Waals surface area (Å²) in [5.74, 6) is -0.987. The lowest BCUT2D eigenvalue weighted by molar-refractivity contribution is -0.167. The van der Waals surface area contributed by atoms with Crippen LogP contribution in [0, 0.1) is 0 Å². The summed E-state index contributed by atoms with van der Waals surface area (Å²) in [4.78, 5) is 37.8. The van der Waals surface area contributed by atoms with Gasteiger partial charge in [-0.3, -0.25) is 14.4 Å². The summed E-state index contributed by atoms with van der Waals surface area (Å²) < 4.78 is 16.7. The first-order valence-corrected chi connectivity index (χ1v) is 24.1. The first-order chi connectivity index (χ1) is 29.0. The summed E-state index contributed by atoms with van der Waals surface area (Å²) in [5, 5.41) is 0. The summed E-state index contributed by atoms with van der Waals surface area (Å²) in [7, 11) is 0. The average Bonchev–Trinajstić information content (AvgIpc) is 3.23. The first kappa shape index (κ1) is 55.6. The molecule has 0 fully saturated rings. The zero-order valence-corrected chi connectivity index (χ0v) is 38.2. The Bertz CT molecular complexity index is 1170. The van der Waals surface area contributed by atoms with Gasteiger partial charge < -0.3 is 14.2 Å². The van der Waals surface area contributed by atoms with E-state index in [1.165, 1.54) is 64.2 Å². The van der Waals surface area contributed by atoms with E-state index in [1.807, 2.05) is 0 Å². The van der Waals surface area contributed by atoms with Crippen LogP contribution in [-0.4, -0.2) is 37.2 Å². The van der Waals surface area contributed by atoms with Gasteiger partial charge in [0.2, 0.25) is 0 Å². The zero-order valence-electron chi connectivity index (χ0n) is 38.2. The summed E-state index contributed by atoms with van der Waals surface area (Å²) in [5.41, 5.74) is 0. The number of carbonyl (C=O) groups is 3. The second kappa shape index (κ2) is 47.3. The molecule has 6 heteroatoms. The Morgan fingerprint density at radius 2 is 0.695 bits per heavy atom. The Kier molecular flexibility index (Phi) is 44.5. The maximum absolute atomic E-state index is 12.7. The fourth-order valence-corrected chi connectivity index (χ4v) is 6.22. The van der Waals surface area contributed by atoms with E-state index in [4.69, 9.17) is 14.2 Å². The summed E-state index contributed by atoms with van der Waals surface area (Å²) >= 11 is 0. The molecule has 0 aliphatic heterocycles. The van der Waals surface area contributed by atoms with E-state index in [-0.39, 0.29) is 37.5 Å². The molecule has 0 aliphatic rings.